The van der Waals surface area contributed by atoms with Crippen LogP contribution in [0.25, 0.3) is 10.9 Å². The SMILES string of the molecule is C[C@@H](OC(=O)c1ccc2c(c1)CCC2)c1nc2ccccc2c(=O)[nH]1. The number of esters is 1. The molecule has 0 spiro atoms. The van der Waals surface area contributed by atoms with Crippen molar-refractivity contribution in [3.63, 3.8) is 0 Å². The minimum absolute atomic E-state index is 0.235. The molecule has 0 radical (unpaired) electrons. The molecule has 0 saturated heterocycles. The van der Waals surface area contributed by atoms with Crippen molar-refractivity contribution in [1.82, 2.24) is 9.97 Å². The number of ether oxygens (including phenoxy) is 1. The van der Waals surface area contributed by atoms with E-state index in [0.29, 0.717) is 22.3 Å². The first kappa shape index (κ1) is 15.6. The van der Waals surface area contributed by atoms with Gasteiger partial charge < -0.3 is 9.72 Å². The Hall–Kier alpha value is -2.95. The molecule has 3 aromatic rings. The predicted octanol–water partition coefficient (Wildman–Crippen LogP) is 3.33. The molecule has 1 aliphatic rings. The van der Waals surface area contributed by atoms with E-state index in [1.165, 1.54) is 11.1 Å². The lowest BCUT2D eigenvalue weighted by Gasteiger charge is -2.13. The molecule has 4 rings (SSSR count). The van der Waals surface area contributed by atoms with E-state index >= 15 is 0 Å². The minimum Gasteiger partial charge on any atom is -0.451 e. The molecule has 126 valence electrons. The van der Waals surface area contributed by atoms with Crippen molar-refractivity contribution in [3.8, 4) is 0 Å². The number of rotatable bonds is 3. The van der Waals surface area contributed by atoms with Gasteiger partial charge in [-0.25, -0.2) is 9.78 Å². The normalized spacial score (nSPS) is 14.3. The first-order valence-electron chi connectivity index (χ1n) is 8.43. The maximum atomic E-state index is 12.4. The summed E-state index contributed by atoms with van der Waals surface area (Å²) >= 11 is 0. The van der Waals surface area contributed by atoms with Crippen molar-refractivity contribution < 1.29 is 9.53 Å². The summed E-state index contributed by atoms with van der Waals surface area (Å²) in [5.41, 5.74) is 3.42. The second kappa shape index (κ2) is 6.16. The lowest BCUT2D eigenvalue weighted by atomic mass is 10.1. The highest BCUT2D eigenvalue weighted by atomic mass is 16.5. The molecular formula is C20H18N2O3. The summed E-state index contributed by atoms with van der Waals surface area (Å²) in [6.45, 7) is 1.71. The average Bonchev–Trinajstić information content (AvgIpc) is 3.09. The van der Waals surface area contributed by atoms with E-state index in [2.05, 4.69) is 9.97 Å². The molecule has 1 aliphatic carbocycles. The summed E-state index contributed by atoms with van der Waals surface area (Å²) in [6.07, 6.45) is 2.57. The number of aromatic amines is 1. The van der Waals surface area contributed by atoms with E-state index in [0.717, 1.165) is 19.3 Å². The standard InChI is InChI=1S/C20H18N2O3/c1-12(18-21-17-8-3-2-7-16(17)19(23)22-18)25-20(24)15-10-9-13-5-4-6-14(13)11-15/h2-3,7-12H,4-6H2,1H3,(H,21,22,23)/t12-/m1/s1. The molecule has 2 aromatic carbocycles. The first-order chi connectivity index (χ1) is 12.1. The summed E-state index contributed by atoms with van der Waals surface area (Å²) in [7, 11) is 0. The van der Waals surface area contributed by atoms with Gasteiger partial charge in [0.2, 0.25) is 0 Å². The van der Waals surface area contributed by atoms with E-state index in [4.69, 9.17) is 4.74 Å². The van der Waals surface area contributed by atoms with Crippen LogP contribution in [0.15, 0.2) is 47.3 Å². The zero-order chi connectivity index (χ0) is 17.4. The van der Waals surface area contributed by atoms with E-state index < -0.39 is 12.1 Å². The molecule has 0 unspecified atom stereocenters. The summed E-state index contributed by atoms with van der Waals surface area (Å²) < 4.78 is 5.51. The number of benzene rings is 2. The Morgan fingerprint density at radius 1 is 1.16 bits per heavy atom. The molecule has 0 saturated carbocycles. The van der Waals surface area contributed by atoms with Crippen LogP contribution in [-0.4, -0.2) is 15.9 Å². The summed E-state index contributed by atoms with van der Waals surface area (Å²) in [4.78, 5) is 31.7. The molecule has 1 heterocycles. The molecule has 5 nitrogen and oxygen atoms in total. The third kappa shape index (κ3) is 2.93. The number of fused-ring (bicyclic) bond motifs is 2. The lowest BCUT2D eigenvalue weighted by molar-refractivity contribution is 0.0320. The van der Waals surface area contributed by atoms with Crippen molar-refractivity contribution in [2.75, 3.05) is 0 Å². The van der Waals surface area contributed by atoms with Gasteiger partial charge in [0.1, 0.15) is 0 Å². The maximum Gasteiger partial charge on any atom is 0.338 e. The van der Waals surface area contributed by atoms with Gasteiger partial charge in [-0.2, -0.15) is 0 Å². The topological polar surface area (TPSA) is 72.0 Å². The van der Waals surface area contributed by atoms with Gasteiger partial charge in [0, 0.05) is 0 Å². The number of hydrogen-bond donors (Lipinski definition) is 1. The Balaban J connectivity index is 1.58. The van der Waals surface area contributed by atoms with Crippen LogP contribution in [-0.2, 0) is 17.6 Å². The quantitative estimate of drug-likeness (QED) is 0.746. The van der Waals surface area contributed by atoms with Crippen LogP contribution >= 0.6 is 0 Å². The number of H-pyrrole nitrogens is 1. The fraction of sp³-hybridized carbons (Fsp3) is 0.250. The maximum absolute atomic E-state index is 12.4. The highest BCUT2D eigenvalue weighted by Crippen LogP contribution is 2.24. The third-order valence-corrected chi connectivity index (χ3v) is 4.63. The number of nitrogens with zero attached hydrogens (tertiary/aromatic N) is 1. The van der Waals surface area contributed by atoms with Crippen molar-refractivity contribution in [1.29, 1.82) is 0 Å². The molecule has 0 fully saturated rings. The van der Waals surface area contributed by atoms with Crippen LogP contribution in [0.3, 0.4) is 0 Å². The van der Waals surface area contributed by atoms with Crippen LogP contribution in [0, 0.1) is 0 Å². The highest BCUT2D eigenvalue weighted by molar-refractivity contribution is 5.90. The van der Waals surface area contributed by atoms with Gasteiger partial charge in [-0.3, -0.25) is 4.79 Å². The predicted molar refractivity (Wildman–Crippen MR) is 94.7 cm³/mol. The van der Waals surface area contributed by atoms with Gasteiger partial charge >= 0.3 is 5.97 Å². The van der Waals surface area contributed by atoms with Crippen molar-refractivity contribution in [2.45, 2.75) is 32.3 Å². The Morgan fingerprint density at radius 3 is 2.84 bits per heavy atom. The molecular weight excluding hydrogens is 316 g/mol. The molecule has 5 heteroatoms. The molecule has 0 bridgehead atoms. The van der Waals surface area contributed by atoms with Gasteiger partial charge in [0.25, 0.3) is 5.56 Å². The van der Waals surface area contributed by atoms with Gasteiger partial charge in [0.05, 0.1) is 16.5 Å². The number of carbonyl (C=O) groups is 1. The number of para-hydroxylation sites is 1. The lowest BCUT2D eigenvalue weighted by Crippen LogP contribution is -2.17. The van der Waals surface area contributed by atoms with Crippen LogP contribution in [0.2, 0.25) is 0 Å². The smallest absolute Gasteiger partial charge is 0.338 e. The summed E-state index contributed by atoms with van der Waals surface area (Å²) in [6, 6.07) is 12.8. The van der Waals surface area contributed by atoms with Gasteiger partial charge in [-0.05, 0) is 61.6 Å². The molecule has 1 N–H and O–H groups in total. The number of hydrogen-bond acceptors (Lipinski definition) is 4. The molecule has 0 aliphatic heterocycles. The van der Waals surface area contributed by atoms with Gasteiger partial charge in [-0.1, -0.05) is 18.2 Å². The number of nitrogens with one attached hydrogen (secondary N) is 1. The monoisotopic (exact) mass is 334 g/mol. The Kier molecular flexibility index (Phi) is 3.84. The zero-order valence-electron chi connectivity index (χ0n) is 13.9. The van der Waals surface area contributed by atoms with E-state index in [-0.39, 0.29) is 5.56 Å². The Bertz CT molecular complexity index is 1020. The zero-order valence-corrected chi connectivity index (χ0v) is 13.9. The molecule has 1 aromatic heterocycles. The minimum atomic E-state index is -0.641. The summed E-state index contributed by atoms with van der Waals surface area (Å²) in [5.74, 6) is -0.0591. The van der Waals surface area contributed by atoms with Crippen LogP contribution < -0.4 is 5.56 Å². The van der Waals surface area contributed by atoms with E-state index in [1.807, 2.05) is 18.2 Å². The molecule has 1 atom stereocenters. The van der Waals surface area contributed by atoms with Crippen LogP contribution in [0.5, 0.6) is 0 Å². The number of aromatic nitrogens is 2. The fourth-order valence-electron chi connectivity index (χ4n) is 3.28. The third-order valence-electron chi connectivity index (χ3n) is 4.63. The van der Waals surface area contributed by atoms with Crippen LogP contribution in [0.4, 0.5) is 0 Å². The second-order valence-corrected chi connectivity index (χ2v) is 6.35. The van der Waals surface area contributed by atoms with E-state index in [1.54, 1.807) is 31.2 Å². The molecule has 0 amide bonds. The largest absolute Gasteiger partial charge is 0.451 e. The summed E-state index contributed by atoms with van der Waals surface area (Å²) in [5, 5.41) is 0.517. The average molecular weight is 334 g/mol. The number of aryl methyl sites for hydroxylation is 2. The van der Waals surface area contributed by atoms with E-state index in [9.17, 15) is 9.59 Å². The van der Waals surface area contributed by atoms with Crippen LogP contribution in [0.1, 0.15) is 46.8 Å². The Morgan fingerprint density at radius 2 is 1.96 bits per heavy atom. The van der Waals surface area contributed by atoms with Crippen molar-refractivity contribution in [3.05, 3.63) is 75.3 Å². The highest BCUT2D eigenvalue weighted by Gasteiger charge is 2.19. The first-order valence-corrected chi connectivity index (χ1v) is 8.43. The van der Waals surface area contributed by atoms with Crippen molar-refractivity contribution >= 4 is 16.9 Å². The second-order valence-electron chi connectivity index (χ2n) is 6.35. The van der Waals surface area contributed by atoms with Crippen molar-refractivity contribution in [2.24, 2.45) is 0 Å². The van der Waals surface area contributed by atoms with Gasteiger partial charge in [-0.15, -0.1) is 0 Å². The van der Waals surface area contributed by atoms with Gasteiger partial charge in [0.15, 0.2) is 11.9 Å². The molecule has 25 heavy (non-hydrogen) atoms. The Labute approximate surface area is 144 Å². The number of carbonyl (C=O) groups excluding carboxylic acids is 1. The fourth-order valence-corrected chi connectivity index (χ4v) is 3.28.